The Bertz CT molecular complexity index is 573. The van der Waals surface area contributed by atoms with Gasteiger partial charge in [0.1, 0.15) is 5.75 Å². The molecule has 0 radical (unpaired) electrons. The summed E-state index contributed by atoms with van der Waals surface area (Å²) in [6.07, 6.45) is 4.52. The molecule has 20 heavy (non-hydrogen) atoms. The normalized spacial score (nSPS) is 12.7. The second-order valence-electron chi connectivity index (χ2n) is 5.63. The molecule has 1 aromatic carbocycles. The molecule has 0 saturated carbocycles. The first-order chi connectivity index (χ1) is 9.45. The highest BCUT2D eigenvalue weighted by molar-refractivity contribution is 5.39. The van der Waals surface area contributed by atoms with Gasteiger partial charge in [-0.2, -0.15) is 5.10 Å². The summed E-state index contributed by atoms with van der Waals surface area (Å²) in [5.41, 5.74) is 8.15. The van der Waals surface area contributed by atoms with E-state index in [0.29, 0.717) is 6.04 Å². The van der Waals surface area contributed by atoms with Crippen molar-refractivity contribution >= 4 is 0 Å². The predicted molar refractivity (Wildman–Crippen MR) is 81.2 cm³/mol. The van der Waals surface area contributed by atoms with Crippen LogP contribution in [0.5, 0.6) is 11.5 Å². The standard InChI is InChI=1S/C16H23N3O/c1-11(2)19-10-15(9-18-19)20-16-8-14(7-13(4)17)6-5-12(16)3/h5-6,8-11,13H,7,17H2,1-4H3. The van der Waals surface area contributed by atoms with Gasteiger partial charge in [-0.25, -0.2) is 0 Å². The minimum absolute atomic E-state index is 0.147. The van der Waals surface area contributed by atoms with Gasteiger partial charge in [0.15, 0.2) is 5.75 Å². The van der Waals surface area contributed by atoms with Crippen molar-refractivity contribution < 1.29 is 4.74 Å². The molecule has 0 saturated heterocycles. The fourth-order valence-corrected chi connectivity index (χ4v) is 2.04. The van der Waals surface area contributed by atoms with Crippen LogP contribution in [0.15, 0.2) is 30.6 Å². The van der Waals surface area contributed by atoms with Crippen LogP contribution in [0.4, 0.5) is 0 Å². The van der Waals surface area contributed by atoms with Crippen LogP contribution in [0.3, 0.4) is 0 Å². The lowest BCUT2D eigenvalue weighted by atomic mass is 10.1. The largest absolute Gasteiger partial charge is 0.454 e. The van der Waals surface area contributed by atoms with E-state index in [0.717, 1.165) is 23.5 Å². The number of nitrogens with two attached hydrogens (primary N) is 1. The summed E-state index contributed by atoms with van der Waals surface area (Å²) in [5.74, 6) is 1.63. The Labute approximate surface area is 120 Å². The first-order valence-corrected chi connectivity index (χ1v) is 7.03. The van der Waals surface area contributed by atoms with Crippen molar-refractivity contribution in [3.8, 4) is 11.5 Å². The molecular formula is C16H23N3O. The molecule has 0 bridgehead atoms. The lowest BCUT2D eigenvalue weighted by Gasteiger charge is -2.11. The number of aryl methyl sites for hydroxylation is 1. The third-order valence-corrected chi connectivity index (χ3v) is 3.14. The van der Waals surface area contributed by atoms with Gasteiger partial charge in [-0.15, -0.1) is 0 Å². The zero-order valence-electron chi connectivity index (χ0n) is 12.6. The summed E-state index contributed by atoms with van der Waals surface area (Å²) in [6.45, 7) is 8.22. The maximum absolute atomic E-state index is 5.94. The Morgan fingerprint density at radius 2 is 2.05 bits per heavy atom. The number of rotatable bonds is 5. The van der Waals surface area contributed by atoms with Gasteiger partial charge in [0.2, 0.25) is 0 Å². The maximum atomic E-state index is 5.94. The molecule has 0 aliphatic heterocycles. The van der Waals surface area contributed by atoms with E-state index in [1.54, 1.807) is 6.20 Å². The van der Waals surface area contributed by atoms with Crippen molar-refractivity contribution in [1.82, 2.24) is 9.78 Å². The van der Waals surface area contributed by atoms with E-state index < -0.39 is 0 Å². The molecule has 108 valence electrons. The van der Waals surface area contributed by atoms with E-state index in [1.165, 1.54) is 5.56 Å². The van der Waals surface area contributed by atoms with Gasteiger partial charge in [-0.05, 0) is 51.3 Å². The van der Waals surface area contributed by atoms with Gasteiger partial charge in [-0.3, -0.25) is 4.68 Å². The zero-order valence-corrected chi connectivity index (χ0v) is 12.6. The smallest absolute Gasteiger partial charge is 0.165 e. The summed E-state index contributed by atoms with van der Waals surface area (Å²) < 4.78 is 7.82. The second kappa shape index (κ2) is 6.09. The molecule has 4 heteroatoms. The van der Waals surface area contributed by atoms with Gasteiger partial charge in [-0.1, -0.05) is 12.1 Å². The molecule has 1 atom stereocenters. The average Bonchev–Trinajstić information content (AvgIpc) is 2.81. The average molecular weight is 273 g/mol. The van der Waals surface area contributed by atoms with Crippen molar-refractivity contribution in [2.45, 2.75) is 46.2 Å². The van der Waals surface area contributed by atoms with Crippen LogP contribution in [0.1, 0.15) is 37.9 Å². The summed E-state index contributed by atoms with van der Waals surface area (Å²) >= 11 is 0. The summed E-state index contributed by atoms with van der Waals surface area (Å²) in [7, 11) is 0. The summed E-state index contributed by atoms with van der Waals surface area (Å²) in [6, 6.07) is 6.71. The van der Waals surface area contributed by atoms with Crippen molar-refractivity contribution in [3.63, 3.8) is 0 Å². The molecule has 0 spiro atoms. The molecule has 0 fully saturated rings. The minimum Gasteiger partial charge on any atom is -0.454 e. The molecule has 2 N–H and O–H groups in total. The molecule has 2 rings (SSSR count). The number of ether oxygens (including phenoxy) is 1. The second-order valence-corrected chi connectivity index (χ2v) is 5.63. The van der Waals surface area contributed by atoms with E-state index in [1.807, 2.05) is 24.7 Å². The molecular weight excluding hydrogens is 250 g/mol. The molecule has 1 unspecified atom stereocenters. The molecule has 1 heterocycles. The van der Waals surface area contributed by atoms with Crippen LogP contribution in [-0.2, 0) is 6.42 Å². The fraction of sp³-hybridized carbons (Fsp3) is 0.438. The van der Waals surface area contributed by atoms with Crippen LogP contribution in [0.2, 0.25) is 0 Å². The highest BCUT2D eigenvalue weighted by Crippen LogP contribution is 2.26. The van der Waals surface area contributed by atoms with Crippen molar-refractivity contribution in [1.29, 1.82) is 0 Å². The van der Waals surface area contributed by atoms with E-state index in [9.17, 15) is 0 Å². The van der Waals surface area contributed by atoms with Crippen LogP contribution in [0, 0.1) is 6.92 Å². The van der Waals surface area contributed by atoms with Gasteiger partial charge in [0.05, 0.1) is 12.4 Å². The van der Waals surface area contributed by atoms with Crippen LogP contribution in [-0.4, -0.2) is 15.8 Å². The quantitative estimate of drug-likeness (QED) is 0.907. The Balaban J connectivity index is 2.18. The van der Waals surface area contributed by atoms with Crippen LogP contribution >= 0.6 is 0 Å². The van der Waals surface area contributed by atoms with E-state index in [4.69, 9.17) is 10.5 Å². The number of benzene rings is 1. The maximum Gasteiger partial charge on any atom is 0.165 e. The van der Waals surface area contributed by atoms with E-state index >= 15 is 0 Å². The molecule has 1 aromatic heterocycles. The Hall–Kier alpha value is -1.81. The van der Waals surface area contributed by atoms with Crippen molar-refractivity contribution in [3.05, 3.63) is 41.7 Å². The van der Waals surface area contributed by atoms with Gasteiger partial charge in [0.25, 0.3) is 0 Å². The zero-order chi connectivity index (χ0) is 14.7. The Morgan fingerprint density at radius 1 is 1.30 bits per heavy atom. The summed E-state index contributed by atoms with van der Waals surface area (Å²) in [4.78, 5) is 0. The number of hydrogen-bond acceptors (Lipinski definition) is 3. The number of hydrogen-bond donors (Lipinski definition) is 1. The number of aromatic nitrogens is 2. The Morgan fingerprint density at radius 3 is 2.65 bits per heavy atom. The molecule has 4 nitrogen and oxygen atoms in total. The lowest BCUT2D eigenvalue weighted by Crippen LogP contribution is -2.17. The van der Waals surface area contributed by atoms with Crippen LogP contribution in [0.25, 0.3) is 0 Å². The molecule has 0 aliphatic carbocycles. The first kappa shape index (κ1) is 14.6. The summed E-state index contributed by atoms with van der Waals surface area (Å²) in [5, 5.41) is 4.28. The van der Waals surface area contributed by atoms with Gasteiger partial charge in [0, 0.05) is 12.1 Å². The first-order valence-electron chi connectivity index (χ1n) is 7.03. The third-order valence-electron chi connectivity index (χ3n) is 3.14. The fourth-order valence-electron chi connectivity index (χ4n) is 2.04. The van der Waals surface area contributed by atoms with Crippen molar-refractivity contribution in [2.24, 2.45) is 5.73 Å². The predicted octanol–water partition coefficient (Wildman–Crippen LogP) is 3.45. The SMILES string of the molecule is Cc1ccc(CC(C)N)cc1Oc1cnn(C(C)C)c1. The number of nitrogens with zero attached hydrogens (tertiary/aromatic N) is 2. The molecule has 0 amide bonds. The van der Waals surface area contributed by atoms with E-state index in [-0.39, 0.29) is 6.04 Å². The topological polar surface area (TPSA) is 53.1 Å². The van der Waals surface area contributed by atoms with Gasteiger partial charge >= 0.3 is 0 Å². The molecule has 0 aliphatic rings. The molecule has 2 aromatic rings. The van der Waals surface area contributed by atoms with Crippen LogP contribution < -0.4 is 10.5 Å². The highest BCUT2D eigenvalue weighted by Gasteiger charge is 2.07. The highest BCUT2D eigenvalue weighted by atomic mass is 16.5. The Kier molecular flexibility index (Phi) is 4.45. The minimum atomic E-state index is 0.147. The lowest BCUT2D eigenvalue weighted by molar-refractivity contribution is 0.473. The van der Waals surface area contributed by atoms with Gasteiger partial charge < -0.3 is 10.5 Å². The monoisotopic (exact) mass is 273 g/mol. The van der Waals surface area contributed by atoms with E-state index in [2.05, 4.69) is 37.1 Å². The van der Waals surface area contributed by atoms with Crippen molar-refractivity contribution in [2.75, 3.05) is 0 Å². The third kappa shape index (κ3) is 3.61.